The normalized spacial score (nSPS) is 14.7. The number of hydrogen-bond acceptors (Lipinski definition) is 3. The Balaban J connectivity index is 2.31. The molecule has 1 heterocycles. The number of amides is 3. The Bertz CT molecular complexity index is 837. The highest BCUT2D eigenvalue weighted by molar-refractivity contribution is 7.20. The van der Waals surface area contributed by atoms with E-state index in [1.165, 1.54) is 16.9 Å². The molecule has 2 aromatic rings. The quantitative estimate of drug-likeness (QED) is 0.788. The zero-order valence-corrected chi connectivity index (χ0v) is 14.1. The molecule has 0 aliphatic heterocycles. The van der Waals surface area contributed by atoms with Crippen LogP contribution in [0.15, 0.2) is 18.2 Å². The number of primary amides is 2. The maximum Gasteiger partial charge on any atom is 0.317 e. The molecule has 0 atom stereocenters. The van der Waals surface area contributed by atoms with Gasteiger partial charge in [-0.25, -0.2) is 4.79 Å². The van der Waals surface area contributed by atoms with Gasteiger partial charge in [0, 0.05) is 4.88 Å². The van der Waals surface area contributed by atoms with Gasteiger partial charge in [0.25, 0.3) is 5.91 Å². The number of nitrogens with two attached hydrogens (primary N) is 2. The van der Waals surface area contributed by atoms with Crippen molar-refractivity contribution in [2.45, 2.75) is 32.6 Å². The van der Waals surface area contributed by atoms with Gasteiger partial charge in [0.2, 0.25) is 0 Å². The van der Waals surface area contributed by atoms with E-state index in [4.69, 9.17) is 11.5 Å². The fourth-order valence-corrected chi connectivity index (χ4v) is 4.54. The zero-order valence-electron chi connectivity index (χ0n) is 13.3. The molecule has 0 saturated carbocycles. The van der Waals surface area contributed by atoms with Crippen LogP contribution in [0.2, 0.25) is 0 Å². The number of benzene rings is 1. The van der Waals surface area contributed by atoms with Gasteiger partial charge in [0.05, 0.1) is 5.56 Å². The summed E-state index contributed by atoms with van der Waals surface area (Å²) in [5.41, 5.74) is 15.4. The number of rotatable bonds is 2. The largest absolute Gasteiger partial charge is 0.365 e. The van der Waals surface area contributed by atoms with Crippen LogP contribution in [0.3, 0.4) is 0 Å². The molecule has 0 fully saturated rings. The van der Waals surface area contributed by atoms with Gasteiger partial charge in [-0.15, -0.1) is 11.3 Å². The Morgan fingerprint density at radius 3 is 2.57 bits per heavy atom. The van der Waals surface area contributed by atoms with E-state index in [0.29, 0.717) is 17.0 Å². The number of carbonyl (C=O) groups excluding carboxylic acids is 2. The SMILES string of the molecule is Cc1ccc2c(c1)-c1sc(NC(N)=O)c(C(N)=O)c1CC2(C)C. The van der Waals surface area contributed by atoms with Gasteiger partial charge in [-0.1, -0.05) is 37.6 Å². The highest BCUT2D eigenvalue weighted by Gasteiger charge is 2.36. The Hall–Kier alpha value is -2.34. The third kappa shape index (κ3) is 2.49. The molecule has 0 bridgehead atoms. The summed E-state index contributed by atoms with van der Waals surface area (Å²) < 4.78 is 0. The predicted octanol–water partition coefficient (Wildman–Crippen LogP) is 3.15. The van der Waals surface area contributed by atoms with Gasteiger partial charge in [-0.05, 0) is 35.4 Å². The van der Waals surface area contributed by atoms with Crippen molar-refractivity contribution in [3.8, 4) is 10.4 Å². The fraction of sp³-hybridized carbons (Fsp3) is 0.294. The summed E-state index contributed by atoms with van der Waals surface area (Å²) in [4.78, 5) is 24.2. The molecule has 0 unspecified atom stereocenters. The molecule has 0 spiro atoms. The third-order valence-corrected chi connectivity index (χ3v) is 5.44. The van der Waals surface area contributed by atoms with Crippen molar-refractivity contribution < 1.29 is 9.59 Å². The molecular formula is C17H19N3O2S. The first-order valence-electron chi connectivity index (χ1n) is 7.34. The van der Waals surface area contributed by atoms with Crippen LogP contribution in [-0.4, -0.2) is 11.9 Å². The summed E-state index contributed by atoms with van der Waals surface area (Å²) in [5, 5.41) is 2.97. The minimum atomic E-state index is -0.699. The molecule has 1 aliphatic rings. The number of urea groups is 1. The molecular weight excluding hydrogens is 310 g/mol. The summed E-state index contributed by atoms with van der Waals surface area (Å²) in [6.07, 6.45) is 0.688. The predicted molar refractivity (Wildman–Crippen MR) is 92.9 cm³/mol. The van der Waals surface area contributed by atoms with Gasteiger partial charge < -0.3 is 11.5 Å². The number of carbonyl (C=O) groups is 2. The van der Waals surface area contributed by atoms with Crippen molar-refractivity contribution >= 4 is 28.3 Å². The molecule has 1 aromatic heterocycles. The zero-order chi connectivity index (χ0) is 16.9. The summed E-state index contributed by atoms with van der Waals surface area (Å²) in [6.45, 7) is 6.33. The van der Waals surface area contributed by atoms with E-state index < -0.39 is 11.9 Å². The molecule has 0 saturated heterocycles. The van der Waals surface area contributed by atoms with Crippen molar-refractivity contribution in [2.24, 2.45) is 11.5 Å². The molecule has 5 nitrogen and oxygen atoms in total. The van der Waals surface area contributed by atoms with E-state index in [1.54, 1.807) is 0 Å². The highest BCUT2D eigenvalue weighted by Crippen LogP contribution is 2.50. The minimum Gasteiger partial charge on any atom is -0.365 e. The summed E-state index contributed by atoms with van der Waals surface area (Å²) in [5.74, 6) is -0.543. The van der Waals surface area contributed by atoms with E-state index >= 15 is 0 Å². The standard InChI is InChI=1S/C17H19N3O2S/c1-8-4-5-11-9(6-8)13-10(7-17(11,2)3)12(14(18)21)15(23-13)20-16(19)22/h4-6H,7H2,1-3H3,(H2,18,21)(H3,19,20,22). The van der Waals surface area contributed by atoms with Crippen molar-refractivity contribution in [3.63, 3.8) is 0 Å². The molecule has 3 rings (SSSR count). The maximum absolute atomic E-state index is 12.0. The second kappa shape index (κ2) is 5.09. The number of hydrogen-bond donors (Lipinski definition) is 3. The summed E-state index contributed by atoms with van der Waals surface area (Å²) in [7, 11) is 0. The Morgan fingerprint density at radius 1 is 1.26 bits per heavy atom. The van der Waals surface area contributed by atoms with Crippen molar-refractivity contribution in [1.29, 1.82) is 0 Å². The van der Waals surface area contributed by atoms with Crippen LogP contribution in [0, 0.1) is 6.92 Å². The molecule has 1 aliphatic carbocycles. The maximum atomic E-state index is 12.0. The number of fused-ring (bicyclic) bond motifs is 3. The number of anilines is 1. The number of thiophene rings is 1. The molecule has 0 radical (unpaired) electrons. The van der Waals surface area contributed by atoms with Gasteiger partial charge >= 0.3 is 6.03 Å². The van der Waals surface area contributed by atoms with Crippen LogP contribution < -0.4 is 16.8 Å². The first-order valence-corrected chi connectivity index (χ1v) is 8.16. The lowest BCUT2D eigenvalue weighted by atomic mass is 9.71. The lowest BCUT2D eigenvalue weighted by Crippen LogP contribution is -2.27. The van der Waals surface area contributed by atoms with E-state index in [1.807, 2.05) is 6.92 Å². The van der Waals surface area contributed by atoms with Crippen molar-refractivity contribution in [3.05, 3.63) is 40.5 Å². The average molecular weight is 329 g/mol. The van der Waals surface area contributed by atoms with Gasteiger partial charge in [0.15, 0.2) is 0 Å². The van der Waals surface area contributed by atoms with Crippen LogP contribution in [0.5, 0.6) is 0 Å². The van der Waals surface area contributed by atoms with E-state index in [9.17, 15) is 9.59 Å². The lowest BCUT2D eigenvalue weighted by Gasteiger charge is -2.33. The van der Waals surface area contributed by atoms with Crippen molar-refractivity contribution in [2.75, 3.05) is 5.32 Å². The average Bonchev–Trinajstić information content (AvgIpc) is 2.74. The Labute approximate surface area is 138 Å². The number of nitrogens with one attached hydrogen (secondary N) is 1. The van der Waals surface area contributed by atoms with Gasteiger partial charge in [-0.3, -0.25) is 10.1 Å². The summed E-state index contributed by atoms with van der Waals surface area (Å²) >= 11 is 1.36. The fourth-order valence-electron chi connectivity index (χ4n) is 3.29. The first kappa shape index (κ1) is 15.6. The molecule has 6 heteroatoms. The topological polar surface area (TPSA) is 98.2 Å². The van der Waals surface area contributed by atoms with E-state index in [-0.39, 0.29) is 5.41 Å². The molecule has 1 aromatic carbocycles. The smallest absolute Gasteiger partial charge is 0.317 e. The third-order valence-electron chi connectivity index (χ3n) is 4.26. The summed E-state index contributed by atoms with van der Waals surface area (Å²) in [6, 6.07) is 5.65. The van der Waals surface area contributed by atoms with Crippen molar-refractivity contribution in [1.82, 2.24) is 0 Å². The minimum absolute atomic E-state index is 0.120. The van der Waals surface area contributed by atoms with E-state index in [0.717, 1.165) is 21.6 Å². The van der Waals surface area contributed by atoms with Gasteiger partial charge in [0.1, 0.15) is 5.00 Å². The second-order valence-corrected chi connectivity index (χ2v) is 7.60. The molecule has 3 amide bonds. The first-order chi connectivity index (χ1) is 10.7. The Morgan fingerprint density at radius 2 is 1.96 bits per heavy atom. The van der Waals surface area contributed by atoms with Crippen LogP contribution in [0.1, 0.15) is 40.9 Å². The van der Waals surface area contributed by atoms with E-state index in [2.05, 4.69) is 37.4 Å². The van der Waals surface area contributed by atoms with Crippen LogP contribution >= 0.6 is 11.3 Å². The molecule has 120 valence electrons. The van der Waals surface area contributed by atoms with Crippen LogP contribution in [-0.2, 0) is 11.8 Å². The monoisotopic (exact) mass is 329 g/mol. The Kier molecular flexibility index (Phi) is 3.44. The van der Waals surface area contributed by atoms with Gasteiger partial charge in [-0.2, -0.15) is 0 Å². The highest BCUT2D eigenvalue weighted by atomic mass is 32.1. The van der Waals surface area contributed by atoms with Crippen LogP contribution in [0.25, 0.3) is 10.4 Å². The number of aryl methyl sites for hydroxylation is 1. The molecule has 23 heavy (non-hydrogen) atoms. The molecule has 5 N–H and O–H groups in total. The van der Waals surface area contributed by atoms with Crippen LogP contribution in [0.4, 0.5) is 9.80 Å². The lowest BCUT2D eigenvalue weighted by molar-refractivity contribution is 0.100. The second-order valence-electron chi connectivity index (χ2n) is 6.58.